The van der Waals surface area contributed by atoms with Gasteiger partial charge in [-0.25, -0.2) is 4.98 Å². The van der Waals surface area contributed by atoms with Gasteiger partial charge in [0.1, 0.15) is 11.3 Å². The molecule has 5 rings (SSSR count). The van der Waals surface area contributed by atoms with Crippen molar-refractivity contribution in [2.24, 2.45) is 0 Å². The van der Waals surface area contributed by atoms with Gasteiger partial charge in [-0.2, -0.15) is 0 Å². The van der Waals surface area contributed by atoms with Crippen LogP contribution in [0.25, 0.3) is 11.0 Å². The highest BCUT2D eigenvalue weighted by Crippen LogP contribution is 2.33. The maximum atomic E-state index is 13.8. The molecule has 1 fully saturated rings. The van der Waals surface area contributed by atoms with E-state index in [1.165, 1.54) is 6.42 Å². The van der Waals surface area contributed by atoms with Gasteiger partial charge in [0, 0.05) is 12.6 Å². The molecule has 1 aromatic heterocycles. The van der Waals surface area contributed by atoms with E-state index in [1.807, 2.05) is 60.0 Å². The number of hydrogen-bond donors (Lipinski definition) is 1. The summed E-state index contributed by atoms with van der Waals surface area (Å²) in [5.41, 5.74) is 1.50. The van der Waals surface area contributed by atoms with E-state index in [1.54, 1.807) is 12.0 Å². The lowest BCUT2D eigenvalue weighted by atomic mass is 9.91. The number of carbonyl (C=O) groups excluding carboxylic acids is 2. The van der Waals surface area contributed by atoms with Gasteiger partial charge in [-0.1, -0.05) is 43.5 Å². The number of para-hydroxylation sites is 2. The molecule has 2 aliphatic rings. The van der Waals surface area contributed by atoms with E-state index in [0.29, 0.717) is 18.9 Å². The predicted octanol–water partition coefficient (Wildman–Crippen LogP) is 3.91. The molecule has 0 unspecified atom stereocenters. The summed E-state index contributed by atoms with van der Waals surface area (Å²) in [7, 11) is 1.62. The topological polar surface area (TPSA) is 76.5 Å². The number of fused-ring (bicyclic) bond motifs is 3. The summed E-state index contributed by atoms with van der Waals surface area (Å²) < 4.78 is 7.27. The monoisotopic (exact) mass is 446 g/mol. The van der Waals surface area contributed by atoms with Crippen molar-refractivity contribution in [3.63, 3.8) is 0 Å². The normalized spacial score (nSPS) is 21.2. The number of benzene rings is 2. The summed E-state index contributed by atoms with van der Waals surface area (Å²) in [5.74, 6) is 0.759. The minimum Gasteiger partial charge on any atom is -0.497 e. The molecule has 0 saturated heterocycles. The van der Waals surface area contributed by atoms with Crippen molar-refractivity contribution in [1.82, 2.24) is 19.8 Å². The Bertz CT molecular complexity index is 1200. The zero-order chi connectivity index (χ0) is 23.0. The second-order valence-corrected chi connectivity index (χ2v) is 9.34. The summed E-state index contributed by atoms with van der Waals surface area (Å²) in [5, 5.41) is 3.27. The molecule has 3 aromatic rings. The van der Waals surface area contributed by atoms with Crippen LogP contribution in [0.4, 0.5) is 0 Å². The number of methoxy groups -OCH3 is 1. The van der Waals surface area contributed by atoms with Crippen molar-refractivity contribution in [2.45, 2.75) is 63.7 Å². The molecule has 172 valence electrons. The van der Waals surface area contributed by atoms with Crippen LogP contribution in [0.2, 0.25) is 0 Å². The summed E-state index contributed by atoms with van der Waals surface area (Å²) in [6.45, 7) is 2.53. The molecule has 2 heterocycles. The van der Waals surface area contributed by atoms with Crippen molar-refractivity contribution < 1.29 is 14.3 Å². The average Bonchev–Trinajstić information content (AvgIpc) is 3.21. The molecular formula is C26H30N4O3. The molecule has 1 atom stereocenters. The maximum Gasteiger partial charge on any atom is 0.291 e. The molecule has 1 saturated carbocycles. The molecule has 2 aromatic carbocycles. The van der Waals surface area contributed by atoms with E-state index in [0.717, 1.165) is 48.0 Å². The van der Waals surface area contributed by atoms with Gasteiger partial charge >= 0.3 is 0 Å². The number of nitrogens with zero attached hydrogens (tertiary/aromatic N) is 3. The van der Waals surface area contributed by atoms with Crippen molar-refractivity contribution in [1.29, 1.82) is 0 Å². The van der Waals surface area contributed by atoms with E-state index in [2.05, 4.69) is 10.3 Å². The summed E-state index contributed by atoms with van der Waals surface area (Å²) >= 11 is 0. The fourth-order valence-electron chi connectivity index (χ4n) is 5.12. The number of hydrogen-bond acceptors (Lipinski definition) is 4. The van der Waals surface area contributed by atoms with Gasteiger partial charge in [0.15, 0.2) is 5.82 Å². The number of carbonyl (C=O) groups is 2. The van der Waals surface area contributed by atoms with Crippen LogP contribution in [0.5, 0.6) is 5.75 Å². The first-order chi connectivity index (χ1) is 16.0. The number of rotatable bonds is 5. The lowest BCUT2D eigenvalue weighted by Gasteiger charge is -2.44. The molecule has 0 radical (unpaired) electrons. The van der Waals surface area contributed by atoms with Gasteiger partial charge in [-0.05, 0) is 49.6 Å². The highest BCUT2D eigenvalue weighted by Gasteiger charge is 2.48. The SMILES string of the molecule is COc1cccc(CN2C(=O)c3nc4ccccc4n3C[C@]2(C)C(=O)NC2CCCCC2)c1. The number of aromatic nitrogens is 2. The molecule has 0 spiro atoms. The van der Waals surface area contributed by atoms with Crippen LogP contribution in [0, 0.1) is 0 Å². The number of ether oxygens (including phenoxy) is 1. The largest absolute Gasteiger partial charge is 0.497 e. The van der Waals surface area contributed by atoms with Crippen LogP contribution in [0.3, 0.4) is 0 Å². The molecule has 1 N–H and O–H groups in total. The molecule has 1 aliphatic carbocycles. The Hall–Kier alpha value is -3.35. The minimum absolute atomic E-state index is 0.103. The van der Waals surface area contributed by atoms with Crippen LogP contribution < -0.4 is 10.1 Å². The second kappa shape index (κ2) is 8.54. The minimum atomic E-state index is -1.05. The van der Waals surface area contributed by atoms with Gasteiger partial charge in [-0.3, -0.25) is 9.59 Å². The van der Waals surface area contributed by atoms with Crippen LogP contribution in [-0.4, -0.2) is 45.0 Å². The molecule has 33 heavy (non-hydrogen) atoms. The van der Waals surface area contributed by atoms with Crippen molar-refractivity contribution >= 4 is 22.8 Å². The number of nitrogens with one attached hydrogen (secondary N) is 1. The Balaban J connectivity index is 1.54. The van der Waals surface area contributed by atoms with Crippen molar-refractivity contribution in [2.75, 3.05) is 7.11 Å². The molecule has 0 bridgehead atoms. The van der Waals surface area contributed by atoms with Crippen LogP contribution >= 0.6 is 0 Å². The molecule has 2 amide bonds. The fourth-order valence-corrected chi connectivity index (χ4v) is 5.12. The van der Waals surface area contributed by atoms with Crippen LogP contribution in [0.1, 0.15) is 55.2 Å². The molecular weight excluding hydrogens is 416 g/mol. The first-order valence-electron chi connectivity index (χ1n) is 11.7. The van der Waals surface area contributed by atoms with Gasteiger partial charge in [0.25, 0.3) is 5.91 Å². The molecule has 7 heteroatoms. The van der Waals surface area contributed by atoms with E-state index in [4.69, 9.17) is 4.74 Å². The Kier molecular flexibility index (Phi) is 5.56. The average molecular weight is 447 g/mol. The third kappa shape index (κ3) is 3.86. The van der Waals surface area contributed by atoms with Crippen LogP contribution in [-0.2, 0) is 17.9 Å². The smallest absolute Gasteiger partial charge is 0.291 e. The van der Waals surface area contributed by atoms with Crippen LogP contribution in [0.15, 0.2) is 48.5 Å². The maximum absolute atomic E-state index is 13.8. The van der Waals surface area contributed by atoms with Gasteiger partial charge in [-0.15, -0.1) is 0 Å². The second-order valence-electron chi connectivity index (χ2n) is 9.34. The Morgan fingerprint density at radius 2 is 1.94 bits per heavy atom. The lowest BCUT2D eigenvalue weighted by molar-refractivity contribution is -0.134. The molecule has 7 nitrogen and oxygen atoms in total. The third-order valence-electron chi connectivity index (χ3n) is 7.06. The van der Waals surface area contributed by atoms with E-state index >= 15 is 0 Å². The molecule has 1 aliphatic heterocycles. The van der Waals surface area contributed by atoms with E-state index < -0.39 is 5.54 Å². The highest BCUT2D eigenvalue weighted by molar-refractivity contribution is 6.01. The van der Waals surface area contributed by atoms with Crippen molar-refractivity contribution in [3.05, 3.63) is 59.9 Å². The van der Waals surface area contributed by atoms with E-state index in [9.17, 15) is 9.59 Å². The lowest BCUT2D eigenvalue weighted by Crippen LogP contribution is -2.64. The first kappa shape index (κ1) is 21.5. The quantitative estimate of drug-likeness (QED) is 0.645. The Morgan fingerprint density at radius 1 is 1.15 bits per heavy atom. The number of imidazole rings is 1. The summed E-state index contributed by atoms with van der Waals surface area (Å²) in [4.78, 5) is 33.8. The van der Waals surface area contributed by atoms with Gasteiger partial charge in [0.05, 0.1) is 24.7 Å². The highest BCUT2D eigenvalue weighted by atomic mass is 16.5. The third-order valence-corrected chi connectivity index (χ3v) is 7.06. The van der Waals surface area contributed by atoms with Gasteiger partial charge in [0.2, 0.25) is 5.91 Å². The van der Waals surface area contributed by atoms with Crippen molar-refractivity contribution in [3.8, 4) is 5.75 Å². The zero-order valence-electron chi connectivity index (χ0n) is 19.2. The summed E-state index contributed by atoms with van der Waals surface area (Å²) in [6.07, 6.45) is 5.46. The summed E-state index contributed by atoms with van der Waals surface area (Å²) in [6, 6.07) is 15.5. The first-order valence-corrected chi connectivity index (χ1v) is 11.7. The van der Waals surface area contributed by atoms with E-state index in [-0.39, 0.29) is 17.9 Å². The standard InChI is InChI=1S/C26H30N4O3/c1-26(25(32)27-19-10-4-3-5-11-19)17-29-22-14-7-6-13-21(22)28-23(29)24(31)30(26)16-18-9-8-12-20(15-18)33-2/h6-9,12-15,19H,3-5,10-11,16-17H2,1-2H3,(H,27,32)/t26-/m1/s1. The zero-order valence-corrected chi connectivity index (χ0v) is 19.2. The Labute approximate surface area is 193 Å². The number of amides is 2. The van der Waals surface area contributed by atoms with Gasteiger partial charge < -0.3 is 19.5 Å². The predicted molar refractivity (Wildman–Crippen MR) is 126 cm³/mol. The Morgan fingerprint density at radius 3 is 2.73 bits per heavy atom. The fraction of sp³-hybridized carbons (Fsp3) is 0.423.